The fourth-order valence-corrected chi connectivity index (χ4v) is 5.73. The van der Waals surface area contributed by atoms with Crippen molar-refractivity contribution in [2.75, 3.05) is 0 Å². The number of carbonyl (C=O) groups excluding carboxylic acids is 1. The van der Waals surface area contributed by atoms with Gasteiger partial charge in [-0.3, -0.25) is 4.79 Å². The second-order valence-corrected chi connectivity index (χ2v) is 10.1. The molecule has 4 nitrogen and oxygen atoms in total. The number of hydrogen-bond donors (Lipinski definition) is 0. The van der Waals surface area contributed by atoms with E-state index in [-0.39, 0.29) is 17.9 Å². The molecule has 0 unspecified atom stereocenters. The number of carbonyl (C=O) groups is 1. The lowest BCUT2D eigenvalue weighted by atomic mass is 9.68. The van der Waals surface area contributed by atoms with E-state index in [0.717, 1.165) is 49.0 Å². The van der Waals surface area contributed by atoms with Crippen molar-refractivity contribution >= 4 is 5.97 Å². The smallest absolute Gasteiger partial charge is 0.324 e. The minimum Gasteiger partial charge on any atom is -0.391 e. The van der Waals surface area contributed by atoms with Gasteiger partial charge in [-0.2, -0.15) is 0 Å². The fourth-order valence-electron chi connectivity index (χ4n) is 5.73. The third-order valence-corrected chi connectivity index (χ3v) is 7.82. The number of nitrogens with zero attached hydrogens (tertiary/aromatic N) is 2. The summed E-state index contributed by atoms with van der Waals surface area (Å²) < 4.78 is 5.51. The van der Waals surface area contributed by atoms with Crippen LogP contribution in [0.5, 0.6) is 6.01 Å². The highest BCUT2D eigenvalue weighted by molar-refractivity contribution is 5.74. The second kappa shape index (κ2) is 13.2. The lowest BCUT2D eigenvalue weighted by Gasteiger charge is -2.37. The van der Waals surface area contributed by atoms with Gasteiger partial charge in [0.15, 0.2) is 0 Å². The summed E-state index contributed by atoms with van der Waals surface area (Å²) in [6.45, 7) is 4.49. The largest absolute Gasteiger partial charge is 0.391 e. The van der Waals surface area contributed by atoms with Gasteiger partial charge in [-0.05, 0) is 74.7 Å². The van der Waals surface area contributed by atoms with Crippen molar-refractivity contribution in [3.8, 4) is 6.01 Å². The Balaban J connectivity index is 1.35. The van der Waals surface area contributed by atoms with Gasteiger partial charge in [0.2, 0.25) is 0 Å². The van der Waals surface area contributed by atoms with Crippen LogP contribution in [0.4, 0.5) is 0 Å². The third kappa shape index (κ3) is 7.88. The maximum absolute atomic E-state index is 12.6. The van der Waals surface area contributed by atoms with Crippen molar-refractivity contribution in [3.63, 3.8) is 0 Å². The average Bonchev–Trinajstić information content (AvgIpc) is 2.81. The van der Waals surface area contributed by atoms with E-state index in [2.05, 4.69) is 23.8 Å². The molecule has 0 saturated heterocycles. The van der Waals surface area contributed by atoms with Crippen LogP contribution in [0.2, 0.25) is 0 Å². The highest BCUT2D eigenvalue weighted by atomic mass is 16.5. The van der Waals surface area contributed by atoms with Crippen molar-refractivity contribution in [3.05, 3.63) is 18.0 Å². The molecule has 2 saturated carbocycles. The molecule has 31 heavy (non-hydrogen) atoms. The molecule has 1 heterocycles. The molecule has 4 heteroatoms. The predicted molar refractivity (Wildman–Crippen MR) is 126 cm³/mol. The summed E-state index contributed by atoms with van der Waals surface area (Å²) >= 11 is 0. The van der Waals surface area contributed by atoms with Gasteiger partial charge in [0.1, 0.15) is 0 Å². The Kier molecular flexibility index (Phi) is 10.3. The van der Waals surface area contributed by atoms with Gasteiger partial charge in [0, 0.05) is 12.4 Å². The molecule has 0 radical (unpaired) electrons. The molecule has 0 atom stereocenters. The predicted octanol–water partition coefficient (Wildman–Crippen LogP) is 7.31. The molecular formula is C27H44N2O2. The minimum atomic E-state index is -0.128. The van der Waals surface area contributed by atoms with E-state index >= 15 is 0 Å². The molecule has 1 aromatic rings. The molecule has 0 spiro atoms. The standard InChI is InChI=1S/C27H44N2O2/c1-3-5-7-9-21-11-13-23(14-12-21)24-15-17-25(18-16-24)26(30)31-27-28-19-22(20-29-27)10-8-6-4-2/h19-21,23-25H,3-18H2,1-2H3. The Hall–Kier alpha value is -1.45. The Morgan fingerprint density at radius 2 is 1.42 bits per heavy atom. The van der Waals surface area contributed by atoms with Crippen LogP contribution < -0.4 is 4.74 Å². The molecule has 0 bridgehead atoms. The van der Waals surface area contributed by atoms with Crippen LogP contribution in [0, 0.1) is 23.7 Å². The zero-order chi connectivity index (χ0) is 21.9. The lowest BCUT2D eigenvalue weighted by molar-refractivity contribution is -0.141. The molecule has 2 aliphatic carbocycles. The van der Waals surface area contributed by atoms with Crippen molar-refractivity contribution < 1.29 is 9.53 Å². The first-order valence-electron chi connectivity index (χ1n) is 13.2. The zero-order valence-electron chi connectivity index (χ0n) is 20.0. The van der Waals surface area contributed by atoms with E-state index in [4.69, 9.17) is 4.74 Å². The highest BCUT2D eigenvalue weighted by Gasteiger charge is 2.33. The van der Waals surface area contributed by atoms with E-state index in [0.29, 0.717) is 0 Å². The Morgan fingerprint density at radius 3 is 2.03 bits per heavy atom. The fraction of sp³-hybridized carbons (Fsp3) is 0.815. The summed E-state index contributed by atoms with van der Waals surface area (Å²) in [7, 11) is 0. The topological polar surface area (TPSA) is 52.1 Å². The number of esters is 1. The maximum atomic E-state index is 12.6. The SMILES string of the molecule is CCCCCc1cnc(OC(=O)C2CCC(C3CCC(CCCCC)CC3)CC2)nc1. The Labute approximate surface area is 190 Å². The molecule has 0 aliphatic heterocycles. The van der Waals surface area contributed by atoms with Crippen LogP contribution in [0.15, 0.2) is 12.4 Å². The molecule has 1 aromatic heterocycles. The molecule has 3 rings (SSSR count). The van der Waals surface area contributed by atoms with Gasteiger partial charge < -0.3 is 4.74 Å². The van der Waals surface area contributed by atoms with Gasteiger partial charge in [-0.25, -0.2) is 9.97 Å². The van der Waals surface area contributed by atoms with Crippen LogP contribution >= 0.6 is 0 Å². The molecule has 0 aromatic carbocycles. The van der Waals surface area contributed by atoms with Gasteiger partial charge in [-0.15, -0.1) is 0 Å². The summed E-state index contributed by atoms with van der Waals surface area (Å²) in [5, 5.41) is 0. The number of rotatable bonds is 11. The van der Waals surface area contributed by atoms with Crippen LogP contribution in [0.3, 0.4) is 0 Å². The Bertz CT molecular complexity index is 629. The monoisotopic (exact) mass is 428 g/mol. The first-order valence-corrected chi connectivity index (χ1v) is 13.2. The number of hydrogen-bond acceptors (Lipinski definition) is 4. The van der Waals surface area contributed by atoms with Crippen molar-refractivity contribution in [1.29, 1.82) is 0 Å². The lowest BCUT2D eigenvalue weighted by Crippen LogP contribution is -2.30. The number of ether oxygens (including phenoxy) is 1. The first-order chi connectivity index (χ1) is 15.2. The van der Waals surface area contributed by atoms with Crippen LogP contribution in [-0.4, -0.2) is 15.9 Å². The van der Waals surface area contributed by atoms with E-state index in [1.54, 1.807) is 12.4 Å². The van der Waals surface area contributed by atoms with Crippen molar-refractivity contribution in [2.24, 2.45) is 23.7 Å². The summed E-state index contributed by atoms with van der Waals surface area (Å²) in [4.78, 5) is 21.1. The van der Waals surface area contributed by atoms with Crippen LogP contribution in [0.1, 0.15) is 116 Å². The summed E-state index contributed by atoms with van der Waals surface area (Å²) in [5.41, 5.74) is 1.12. The van der Waals surface area contributed by atoms with E-state index < -0.39 is 0 Å². The van der Waals surface area contributed by atoms with Gasteiger partial charge in [0.05, 0.1) is 5.92 Å². The Morgan fingerprint density at radius 1 is 0.839 bits per heavy atom. The summed E-state index contributed by atoms with van der Waals surface area (Å²) in [6, 6.07) is 0.216. The van der Waals surface area contributed by atoms with Gasteiger partial charge in [0.25, 0.3) is 0 Å². The van der Waals surface area contributed by atoms with Crippen LogP contribution in [0.25, 0.3) is 0 Å². The quantitative estimate of drug-likeness (QED) is 0.274. The molecule has 0 N–H and O–H groups in total. The summed E-state index contributed by atoms with van der Waals surface area (Å²) in [5.74, 6) is 2.58. The molecule has 2 aliphatic rings. The third-order valence-electron chi connectivity index (χ3n) is 7.82. The van der Waals surface area contributed by atoms with Crippen molar-refractivity contribution in [1.82, 2.24) is 9.97 Å². The first kappa shape index (κ1) is 24.2. The normalized spacial score (nSPS) is 26.5. The number of aryl methyl sites for hydroxylation is 1. The van der Waals surface area contributed by atoms with E-state index in [9.17, 15) is 4.79 Å². The average molecular weight is 429 g/mol. The number of unbranched alkanes of at least 4 members (excludes halogenated alkanes) is 4. The molecule has 2 fully saturated rings. The van der Waals surface area contributed by atoms with Crippen molar-refractivity contribution in [2.45, 2.75) is 117 Å². The summed E-state index contributed by atoms with van der Waals surface area (Å²) in [6.07, 6.45) is 23.8. The zero-order valence-corrected chi connectivity index (χ0v) is 20.0. The van der Waals surface area contributed by atoms with Gasteiger partial charge in [-0.1, -0.05) is 65.2 Å². The molecule has 174 valence electrons. The molecular weight excluding hydrogens is 384 g/mol. The highest BCUT2D eigenvalue weighted by Crippen LogP contribution is 2.42. The minimum absolute atomic E-state index is 0.0227. The second-order valence-electron chi connectivity index (χ2n) is 10.1. The van der Waals surface area contributed by atoms with E-state index in [1.165, 1.54) is 77.0 Å². The van der Waals surface area contributed by atoms with E-state index in [1.807, 2.05) is 0 Å². The van der Waals surface area contributed by atoms with Gasteiger partial charge >= 0.3 is 12.0 Å². The molecule has 0 amide bonds. The number of aromatic nitrogens is 2. The maximum Gasteiger partial charge on any atom is 0.324 e. The van der Waals surface area contributed by atoms with Crippen LogP contribution in [-0.2, 0) is 11.2 Å².